The van der Waals surface area contributed by atoms with E-state index in [1.165, 1.54) is 11.8 Å². The number of rotatable bonds is 6. The summed E-state index contributed by atoms with van der Waals surface area (Å²) in [6, 6.07) is 9.98. The van der Waals surface area contributed by atoms with Crippen molar-refractivity contribution in [2.75, 3.05) is 19.4 Å². The summed E-state index contributed by atoms with van der Waals surface area (Å²) in [7, 11) is 1.63. The molecular formula is C16H20N4O2S. The normalized spacial score (nSPS) is 17.3. The second kappa shape index (κ2) is 7.61. The quantitative estimate of drug-likeness (QED) is 0.819. The zero-order valence-corrected chi connectivity index (χ0v) is 13.9. The predicted molar refractivity (Wildman–Crippen MR) is 89.2 cm³/mol. The van der Waals surface area contributed by atoms with Crippen molar-refractivity contribution in [2.24, 2.45) is 0 Å². The van der Waals surface area contributed by atoms with Crippen LogP contribution in [-0.4, -0.2) is 46.2 Å². The van der Waals surface area contributed by atoms with E-state index in [1.54, 1.807) is 7.05 Å². The number of thioether (sulfide) groups is 1. The monoisotopic (exact) mass is 332 g/mol. The standard InChI is InChI=1S/C16H20N4O2S/c1-17-14(21)11-23-16-19-18-15(12-6-3-2-4-7-12)20(16)10-13-8-5-9-22-13/h2-4,6-7,13H,5,8-11H2,1H3,(H,17,21). The van der Waals surface area contributed by atoms with Gasteiger partial charge in [0.05, 0.1) is 18.4 Å². The van der Waals surface area contributed by atoms with Gasteiger partial charge in [0.2, 0.25) is 5.91 Å². The molecule has 122 valence electrons. The van der Waals surface area contributed by atoms with Gasteiger partial charge in [0.1, 0.15) is 0 Å². The average molecular weight is 332 g/mol. The minimum Gasteiger partial charge on any atom is -0.376 e. The number of carbonyl (C=O) groups is 1. The summed E-state index contributed by atoms with van der Waals surface area (Å²) < 4.78 is 7.82. The molecule has 1 atom stereocenters. The third-order valence-electron chi connectivity index (χ3n) is 3.77. The molecule has 6 nitrogen and oxygen atoms in total. The molecule has 0 saturated carbocycles. The van der Waals surface area contributed by atoms with E-state index in [4.69, 9.17) is 4.74 Å². The maximum atomic E-state index is 11.5. The number of nitrogens with zero attached hydrogens (tertiary/aromatic N) is 3. The van der Waals surface area contributed by atoms with E-state index in [0.717, 1.165) is 36.0 Å². The summed E-state index contributed by atoms with van der Waals surface area (Å²) in [5, 5.41) is 12.0. The molecule has 0 aliphatic carbocycles. The minimum atomic E-state index is -0.0251. The second-order valence-electron chi connectivity index (χ2n) is 5.38. The van der Waals surface area contributed by atoms with Crippen molar-refractivity contribution >= 4 is 17.7 Å². The Balaban J connectivity index is 1.86. The second-order valence-corrected chi connectivity index (χ2v) is 6.32. The highest BCUT2D eigenvalue weighted by Crippen LogP contribution is 2.26. The Bertz CT molecular complexity index is 653. The van der Waals surface area contributed by atoms with E-state index in [1.807, 2.05) is 30.3 Å². The van der Waals surface area contributed by atoms with E-state index >= 15 is 0 Å². The van der Waals surface area contributed by atoms with E-state index < -0.39 is 0 Å². The molecule has 1 aromatic carbocycles. The molecule has 0 radical (unpaired) electrons. The Hall–Kier alpha value is -1.86. The van der Waals surface area contributed by atoms with E-state index in [9.17, 15) is 4.79 Å². The first-order valence-corrected chi connectivity index (χ1v) is 8.70. The summed E-state index contributed by atoms with van der Waals surface area (Å²) >= 11 is 1.40. The Morgan fingerprint density at radius 2 is 2.22 bits per heavy atom. The maximum Gasteiger partial charge on any atom is 0.230 e. The number of amides is 1. The lowest BCUT2D eigenvalue weighted by Gasteiger charge is -2.14. The zero-order chi connectivity index (χ0) is 16.1. The van der Waals surface area contributed by atoms with E-state index in [0.29, 0.717) is 12.3 Å². The molecule has 2 aromatic rings. The molecule has 0 spiro atoms. The fourth-order valence-electron chi connectivity index (χ4n) is 2.56. The molecule has 3 rings (SSSR count). The number of nitrogens with one attached hydrogen (secondary N) is 1. The number of ether oxygens (including phenoxy) is 1. The number of aromatic nitrogens is 3. The lowest BCUT2D eigenvalue weighted by Crippen LogP contribution is -2.21. The van der Waals surface area contributed by atoms with Crippen molar-refractivity contribution in [1.29, 1.82) is 0 Å². The fraction of sp³-hybridized carbons (Fsp3) is 0.438. The van der Waals surface area contributed by atoms with Crippen LogP contribution in [0.1, 0.15) is 12.8 Å². The van der Waals surface area contributed by atoms with Gasteiger partial charge in [0.15, 0.2) is 11.0 Å². The first-order chi connectivity index (χ1) is 11.3. The van der Waals surface area contributed by atoms with E-state index in [2.05, 4.69) is 20.1 Å². The Labute approximate surface area is 139 Å². The molecular weight excluding hydrogens is 312 g/mol. The first-order valence-electron chi connectivity index (χ1n) is 7.71. The highest BCUT2D eigenvalue weighted by atomic mass is 32.2. The van der Waals surface area contributed by atoms with Crippen LogP contribution in [0.25, 0.3) is 11.4 Å². The van der Waals surface area contributed by atoms with Crippen molar-refractivity contribution in [2.45, 2.75) is 30.6 Å². The van der Waals surface area contributed by atoms with Crippen LogP contribution in [0.5, 0.6) is 0 Å². The summed E-state index contributed by atoms with van der Waals surface area (Å²) in [6.45, 7) is 1.53. The number of benzene rings is 1. The van der Waals surface area contributed by atoms with Crippen LogP contribution in [0.4, 0.5) is 0 Å². The SMILES string of the molecule is CNC(=O)CSc1nnc(-c2ccccc2)n1CC1CCCO1. The van der Waals surface area contributed by atoms with Crippen molar-refractivity contribution in [3.05, 3.63) is 30.3 Å². The average Bonchev–Trinajstić information content (AvgIpc) is 3.24. The van der Waals surface area contributed by atoms with E-state index in [-0.39, 0.29) is 12.0 Å². The highest BCUT2D eigenvalue weighted by Gasteiger charge is 2.22. The molecule has 1 aliphatic rings. The van der Waals surface area contributed by atoms with Gasteiger partial charge in [-0.3, -0.25) is 9.36 Å². The fourth-order valence-corrected chi connectivity index (χ4v) is 3.38. The van der Waals surface area contributed by atoms with Gasteiger partial charge in [0.25, 0.3) is 0 Å². The smallest absolute Gasteiger partial charge is 0.230 e. The zero-order valence-electron chi connectivity index (χ0n) is 13.1. The third-order valence-corrected chi connectivity index (χ3v) is 4.74. The summed E-state index contributed by atoms with van der Waals surface area (Å²) in [5.41, 5.74) is 1.02. The van der Waals surface area contributed by atoms with Crippen LogP contribution in [0.2, 0.25) is 0 Å². The molecule has 0 bridgehead atoms. The molecule has 7 heteroatoms. The van der Waals surface area contributed by atoms with Crippen LogP contribution in [0.3, 0.4) is 0 Å². The van der Waals surface area contributed by atoms with Gasteiger partial charge < -0.3 is 10.1 Å². The summed E-state index contributed by atoms with van der Waals surface area (Å²) in [6.07, 6.45) is 2.33. The number of hydrogen-bond acceptors (Lipinski definition) is 5. The Kier molecular flexibility index (Phi) is 5.30. The van der Waals surface area contributed by atoms with Crippen molar-refractivity contribution in [1.82, 2.24) is 20.1 Å². The third kappa shape index (κ3) is 3.92. The maximum absolute atomic E-state index is 11.5. The van der Waals surface area contributed by atoms with Gasteiger partial charge in [-0.25, -0.2) is 0 Å². The topological polar surface area (TPSA) is 69.0 Å². The highest BCUT2D eigenvalue weighted by molar-refractivity contribution is 7.99. The van der Waals surface area contributed by atoms with Crippen LogP contribution in [0, 0.1) is 0 Å². The van der Waals surface area contributed by atoms with Gasteiger partial charge >= 0.3 is 0 Å². The van der Waals surface area contributed by atoms with Gasteiger partial charge in [-0.05, 0) is 12.8 Å². The van der Waals surface area contributed by atoms with Gasteiger partial charge in [-0.1, -0.05) is 42.1 Å². The Morgan fingerprint density at radius 3 is 2.91 bits per heavy atom. The van der Waals surface area contributed by atoms with Gasteiger partial charge in [0, 0.05) is 19.2 Å². The molecule has 1 saturated heterocycles. The summed E-state index contributed by atoms with van der Waals surface area (Å²) in [5.74, 6) is 1.12. The molecule has 1 N–H and O–H groups in total. The molecule has 1 fully saturated rings. The lowest BCUT2D eigenvalue weighted by molar-refractivity contribution is -0.118. The van der Waals surface area contributed by atoms with Crippen LogP contribution in [-0.2, 0) is 16.1 Å². The molecule has 1 aromatic heterocycles. The minimum absolute atomic E-state index is 0.0251. The van der Waals surface area contributed by atoms with Crippen LogP contribution < -0.4 is 5.32 Å². The van der Waals surface area contributed by atoms with Crippen molar-refractivity contribution in [3.8, 4) is 11.4 Å². The molecule has 1 aliphatic heterocycles. The molecule has 1 amide bonds. The first kappa shape index (κ1) is 16.0. The molecule has 23 heavy (non-hydrogen) atoms. The van der Waals surface area contributed by atoms with Crippen LogP contribution in [0.15, 0.2) is 35.5 Å². The number of carbonyl (C=O) groups excluding carboxylic acids is 1. The molecule has 2 heterocycles. The van der Waals surface area contributed by atoms with Crippen LogP contribution >= 0.6 is 11.8 Å². The predicted octanol–water partition coefficient (Wildman–Crippen LogP) is 1.96. The van der Waals surface area contributed by atoms with Crippen molar-refractivity contribution in [3.63, 3.8) is 0 Å². The number of hydrogen-bond donors (Lipinski definition) is 1. The van der Waals surface area contributed by atoms with Gasteiger partial charge in [-0.15, -0.1) is 10.2 Å². The Morgan fingerprint density at radius 1 is 1.39 bits per heavy atom. The van der Waals surface area contributed by atoms with Gasteiger partial charge in [-0.2, -0.15) is 0 Å². The largest absolute Gasteiger partial charge is 0.376 e. The molecule has 1 unspecified atom stereocenters. The van der Waals surface area contributed by atoms with Crippen molar-refractivity contribution < 1.29 is 9.53 Å². The lowest BCUT2D eigenvalue weighted by atomic mass is 10.2. The summed E-state index contributed by atoms with van der Waals surface area (Å²) in [4.78, 5) is 11.5.